The highest BCUT2D eigenvalue weighted by molar-refractivity contribution is 6.02. The lowest BCUT2D eigenvalue weighted by atomic mass is 10.1. The highest BCUT2D eigenvalue weighted by Gasteiger charge is 2.12. The smallest absolute Gasteiger partial charge is 0.248 e. The monoisotopic (exact) mass is 341 g/mol. The second kappa shape index (κ2) is 7.61. The summed E-state index contributed by atoms with van der Waals surface area (Å²) in [4.78, 5) is 12.1. The van der Waals surface area contributed by atoms with Gasteiger partial charge in [-0.25, -0.2) is 0 Å². The van der Waals surface area contributed by atoms with Crippen LogP contribution in [0.1, 0.15) is 5.56 Å². The number of amides is 1. The summed E-state index contributed by atoms with van der Waals surface area (Å²) in [5.41, 5.74) is 1.42. The van der Waals surface area contributed by atoms with Crippen molar-refractivity contribution in [3.63, 3.8) is 0 Å². The van der Waals surface area contributed by atoms with Gasteiger partial charge < -0.3 is 24.3 Å². The lowest BCUT2D eigenvalue weighted by molar-refractivity contribution is -0.111. The molecule has 0 saturated carbocycles. The number of carbonyl (C=O) groups is 1. The van der Waals surface area contributed by atoms with Gasteiger partial charge in [0.15, 0.2) is 11.5 Å². The minimum atomic E-state index is -0.255. The Morgan fingerprint density at radius 3 is 2.60 bits per heavy atom. The lowest BCUT2D eigenvalue weighted by Gasteiger charge is -2.18. The number of anilines is 1. The molecule has 25 heavy (non-hydrogen) atoms. The molecule has 1 aliphatic heterocycles. The Bertz CT molecular complexity index is 800. The molecule has 0 spiro atoms. The molecule has 0 radical (unpaired) electrons. The van der Waals surface area contributed by atoms with Gasteiger partial charge in [0.25, 0.3) is 0 Å². The molecule has 0 fully saturated rings. The Labute approximate surface area is 146 Å². The van der Waals surface area contributed by atoms with Crippen LogP contribution in [0.25, 0.3) is 6.08 Å². The van der Waals surface area contributed by atoms with Crippen molar-refractivity contribution in [3.8, 4) is 23.0 Å². The average Bonchev–Trinajstić information content (AvgIpc) is 2.66. The van der Waals surface area contributed by atoms with E-state index in [0.29, 0.717) is 41.9 Å². The third-order valence-corrected chi connectivity index (χ3v) is 3.66. The topological polar surface area (TPSA) is 66.0 Å². The number of hydrogen-bond donors (Lipinski definition) is 1. The molecule has 130 valence electrons. The van der Waals surface area contributed by atoms with Crippen LogP contribution in [0.5, 0.6) is 23.0 Å². The minimum absolute atomic E-state index is 0.255. The number of carbonyl (C=O) groups excluding carboxylic acids is 1. The summed E-state index contributed by atoms with van der Waals surface area (Å²) in [6.07, 6.45) is 3.13. The maximum absolute atomic E-state index is 12.1. The highest BCUT2D eigenvalue weighted by Crippen LogP contribution is 2.32. The van der Waals surface area contributed by atoms with E-state index in [-0.39, 0.29) is 5.91 Å². The number of benzene rings is 2. The van der Waals surface area contributed by atoms with Crippen molar-refractivity contribution >= 4 is 17.7 Å². The van der Waals surface area contributed by atoms with Crippen LogP contribution in [-0.2, 0) is 4.79 Å². The van der Waals surface area contributed by atoms with Gasteiger partial charge in [0, 0.05) is 29.5 Å². The largest absolute Gasteiger partial charge is 0.497 e. The first-order valence-corrected chi connectivity index (χ1v) is 7.80. The van der Waals surface area contributed by atoms with Gasteiger partial charge in [-0.3, -0.25) is 4.79 Å². The molecule has 2 aromatic rings. The molecule has 6 heteroatoms. The molecular weight excluding hydrogens is 322 g/mol. The second-order valence-corrected chi connectivity index (χ2v) is 5.29. The first-order valence-electron chi connectivity index (χ1n) is 7.80. The van der Waals surface area contributed by atoms with E-state index < -0.39 is 0 Å². The molecule has 0 unspecified atom stereocenters. The second-order valence-electron chi connectivity index (χ2n) is 5.29. The van der Waals surface area contributed by atoms with E-state index in [1.165, 1.54) is 6.08 Å². The number of methoxy groups -OCH3 is 2. The van der Waals surface area contributed by atoms with Crippen molar-refractivity contribution < 1.29 is 23.7 Å². The number of hydrogen-bond acceptors (Lipinski definition) is 5. The van der Waals surface area contributed by atoms with Gasteiger partial charge in [0.05, 0.1) is 14.2 Å². The Hall–Kier alpha value is -3.15. The summed E-state index contributed by atoms with van der Waals surface area (Å²) in [6, 6.07) is 10.7. The third kappa shape index (κ3) is 4.03. The average molecular weight is 341 g/mol. The first-order chi connectivity index (χ1) is 12.2. The molecule has 0 saturated heterocycles. The Morgan fingerprint density at radius 1 is 1.04 bits per heavy atom. The molecule has 0 atom stereocenters. The van der Waals surface area contributed by atoms with Crippen molar-refractivity contribution in [2.24, 2.45) is 0 Å². The molecular formula is C19H19NO5. The molecule has 1 aliphatic rings. The summed E-state index contributed by atoms with van der Waals surface area (Å²) in [5.74, 6) is 2.37. The summed E-state index contributed by atoms with van der Waals surface area (Å²) < 4.78 is 21.4. The van der Waals surface area contributed by atoms with E-state index in [0.717, 1.165) is 5.56 Å². The summed E-state index contributed by atoms with van der Waals surface area (Å²) in [5, 5.41) is 2.80. The molecule has 6 nitrogen and oxygen atoms in total. The van der Waals surface area contributed by atoms with Crippen LogP contribution in [0.2, 0.25) is 0 Å². The van der Waals surface area contributed by atoms with E-state index in [2.05, 4.69) is 5.32 Å². The summed E-state index contributed by atoms with van der Waals surface area (Å²) >= 11 is 0. The van der Waals surface area contributed by atoms with Crippen LogP contribution in [-0.4, -0.2) is 33.3 Å². The van der Waals surface area contributed by atoms with E-state index in [4.69, 9.17) is 18.9 Å². The molecule has 0 aliphatic carbocycles. The van der Waals surface area contributed by atoms with Gasteiger partial charge in [0.1, 0.15) is 24.7 Å². The van der Waals surface area contributed by atoms with Gasteiger partial charge in [-0.05, 0) is 30.3 Å². The Balaban J connectivity index is 1.69. The number of ether oxygens (including phenoxy) is 4. The SMILES string of the molecule is COc1ccc(/C=C/C(=O)Nc2ccc3c(c2)OCCO3)c(OC)c1. The maximum Gasteiger partial charge on any atom is 0.248 e. The zero-order valence-electron chi connectivity index (χ0n) is 14.1. The predicted molar refractivity (Wildman–Crippen MR) is 94.6 cm³/mol. The number of rotatable bonds is 5. The van der Waals surface area contributed by atoms with E-state index in [1.807, 2.05) is 6.07 Å². The molecule has 2 aromatic carbocycles. The maximum atomic E-state index is 12.1. The fourth-order valence-electron chi connectivity index (χ4n) is 2.43. The van der Waals surface area contributed by atoms with Crippen LogP contribution >= 0.6 is 0 Å². The summed E-state index contributed by atoms with van der Waals surface area (Å²) in [7, 11) is 3.16. The van der Waals surface area contributed by atoms with Crippen molar-refractivity contribution in [1.29, 1.82) is 0 Å². The van der Waals surface area contributed by atoms with Crippen molar-refractivity contribution in [1.82, 2.24) is 0 Å². The fraction of sp³-hybridized carbons (Fsp3) is 0.211. The van der Waals surface area contributed by atoms with Crippen LogP contribution in [0, 0.1) is 0 Å². The normalized spacial score (nSPS) is 12.7. The molecule has 1 heterocycles. The van der Waals surface area contributed by atoms with E-state index in [1.54, 1.807) is 50.6 Å². The lowest BCUT2D eigenvalue weighted by Crippen LogP contribution is -2.16. The van der Waals surface area contributed by atoms with E-state index >= 15 is 0 Å². The van der Waals surface area contributed by atoms with Gasteiger partial charge in [-0.2, -0.15) is 0 Å². The Kier molecular flexibility index (Phi) is 5.09. The standard InChI is InChI=1S/C19H19NO5/c1-22-15-6-3-13(17(12-15)23-2)4-8-19(21)20-14-5-7-16-18(11-14)25-10-9-24-16/h3-8,11-12H,9-10H2,1-2H3,(H,20,21)/b8-4+. The highest BCUT2D eigenvalue weighted by atomic mass is 16.6. The third-order valence-electron chi connectivity index (χ3n) is 3.66. The molecule has 3 rings (SSSR count). The minimum Gasteiger partial charge on any atom is -0.497 e. The fourth-order valence-corrected chi connectivity index (χ4v) is 2.43. The predicted octanol–water partition coefficient (Wildman–Crippen LogP) is 3.13. The molecule has 1 amide bonds. The van der Waals surface area contributed by atoms with Crippen LogP contribution in [0.3, 0.4) is 0 Å². The van der Waals surface area contributed by atoms with Gasteiger partial charge in [0.2, 0.25) is 5.91 Å². The Morgan fingerprint density at radius 2 is 1.84 bits per heavy atom. The van der Waals surface area contributed by atoms with Crippen molar-refractivity contribution in [2.75, 3.05) is 32.8 Å². The number of fused-ring (bicyclic) bond motifs is 1. The van der Waals surface area contributed by atoms with Crippen LogP contribution in [0.15, 0.2) is 42.5 Å². The zero-order valence-corrected chi connectivity index (χ0v) is 14.1. The van der Waals surface area contributed by atoms with Gasteiger partial charge in [-0.1, -0.05) is 0 Å². The number of nitrogens with one attached hydrogen (secondary N) is 1. The van der Waals surface area contributed by atoms with Crippen molar-refractivity contribution in [2.45, 2.75) is 0 Å². The quantitative estimate of drug-likeness (QED) is 0.847. The first kappa shape index (κ1) is 16.7. The van der Waals surface area contributed by atoms with Crippen LogP contribution < -0.4 is 24.3 Å². The van der Waals surface area contributed by atoms with Gasteiger partial charge in [-0.15, -0.1) is 0 Å². The summed E-state index contributed by atoms with van der Waals surface area (Å²) in [6.45, 7) is 1.03. The molecule has 1 N–H and O–H groups in total. The van der Waals surface area contributed by atoms with Crippen molar-refractivity contribution in [3.05, 3.63) is 48.0 Å². The van der Waals surface area contributed by atoms with Gasteiger partial charge >= 0.3 is 0 Å². The molecule has 0 aromatic heterocycles. The zero-order chi connectivity index (χ0) is 17.6. The molecule has 0 bridgehead atoms. The van der Waals surface area contributed by atoms with Crippen LogP contribution in [0.4, 0.5) is 5.69 Å². The van der Waals surface area contributed by atoms with E-state index in [9.17, 15) is 4.79 Å².